The lowest BCUT2D eigenvalue weighted by Gasteiger charge is -2.33. The molecule has 0 aliphatic carbocycles. The molecule has 2 rings (SSSR count). The summed E-state index contributed by atoms with van der Waals surface area (Å²) < 4.78 is 4.87. The Morgan fingerprint density at radius 2 is 1.96 bits per heavy atom. The minimum atomic E-state index is -0.329. The molecule has 1 unspecified atom stereocenters. The molecule has 0 bridgehead atoms. The van der Waals surface area contributed by atoms with Gasteiger partial charge in [-0.15, -0.1) is 0 Å². The molecule has 1 atom stereocenters. The third-order valence-corrected chi connectivity index (χ3v) is 4.22. The number of ether oxygens (including phenoxy) is 1. The van der Waals surface area contributed by atoms with E-state index in [0.717, 1.165) is 18.4 Å². The number of rotatable bonds is 6. The van der Waals surface area contributed by atoms with Gasteiger partial charge in [0, 0.05) is 32.8 Å². The molecule has 1 aromatic carbocycles. The van der Waals surface area contributed by atoms with Crippen LogP contribution in [0.25, 0.3) is 0 Å². The summed E-state index contributed by atoms with van der Waals surface area (Å²) in [6.07, 6.45) is 1.51. The Balaban J connectivity index is 1.85. The van der Waals surface area contributed by atoms with Crippen LogP contribution in [0.3, 0.4) is 0 Å². The van der Waals surface area contributed by atoms with Crippen molar-refractivity contribution in [1.82, 2.24) is 10.2 Å². The maximum Gasteiger partial charge on any atom is 0.248 e. The molecule has 1 fully saturated rings. The van der Waals surface area contributed by atoms with Crippen LogP contribution in [0, 0.1) is 0 Å². The number of hydrogen-bond acceptors (Lipinski definition) is 4. The highest BCUT2D eigenvalue weighted by Crippen LogP contribution is 2.16. The predicted molar refractivity (Wildman–Crippen MR) is 87.9 cm³/mol. The first-order chi connectivity index (χ1) is 11.2. The average molecular weight is 319 g/mol. The summed E-state index contributed by atoms with van der Waals surface area (Å²) in [4.78, 5) is 26.0. The predicted octanol–water partition coefficient (Wildman–Crippen LogP) is 0.483. The maximum absolute atomic E-state index is 12.5. The van der Waals surface area contributed by atoms with E-state index in [4.69, 9.17) is 10.5 Å². The number of benzene rings is 1. The number of amides is 2. The molecular weight excluding hydrogens is 294 g/mol. The first-order valence-corrected chi connectivity index (χ1v) is 7.97. The number of carbonyl (C=O) groups is 2. The molecule has 23 heavy (non-hydrogen) atoms. The molecule has 1 saturated heterocycles. The molecule has 1 aromatic rings. The highest BCUT2D eigenvalue weighted by atomic mass is 16.5. The number of nitrogens with one attached hydrogen (secondary N) is 1. The van der Waals surface area contributed by atoms with E-state index in [-0.39, 0.29) is 36.9 Å². The Bertz CT molecular complexity index is 513. The summed E-state index contributed by atoms with van der Waals surface area (Å²) in [7, 11) is 1.52. The fourth-order valence-corrected chi connectivity index (χ4v) is 2.87. The number of nitrogens with two attached hydrogens (primary N) is 1. The smallest absolute Gasteiger partial charge is 0.248 e. The normalized spacial score (nSPS) is 16.9. The third-order valence-electron chi connectivity index (χ3n) is 4.22. The van der Waals surface area contributed by atoms with Crippen LogP contribution in [-0.2, 0) is 14.3 Å². The highest BCUT2D eigenvalue weighted by molar-refractivity contribution is 5.84. The van der Waals surface area contributed by atoms with Crippen molar-refractivity contribution in [2.75, 3.05) is 33.4 Å². The summed E-state index contributed by atoms with van der Waals surface area (Å²) in [6.45, 7) is 1.68. The maximum atomic E-state index is 12.5. The first-order valence-electron chi connectivity index (χ1n) is 7.97. The molecule has 2 amide bonds. The van der Waals surface area contributed by atoms with E-state index in [1.165, 1.54) is 7.11 Å². The van der Waals surface area contributed by atoms with Crippen molar-refractivity contribution in [1.29, 1.82) is 0 Å². The molecule has 6 heteroatoms. The van der Waals surface area contributed by atoms with Crippen molar-refractivity contribution in [2.24, 2.45) is 5.73 Å². The molecule has 0 saturated carbocycles. The number of likely N-dealkylation sites (tertiary alicyclic amines) is 1. The second-order valence-corrected chi connectivity index (χ2v) is 5.80. The third kappa shape index (κ3) is 4.77. The summed E-state index contributed by atoms with van der Waals surface area (Å²) in [5.41, 5.74) is 6.71. The number of carbonyl (C=O) groups excluding carboxylic acids is 2. The van der Waals surface area contributed by atoms with Crippen LogP contribution in [0.2, 0.25) is 0 Å². The van der Waals surface area contributed by atoms with Crippen molar-refractivity contribution in [3.8, 4) is 0 Å². The Labute approximate surface area is 137 Å². The van der Waals surface area contributed by atoms with Gasteiger partial charge in [0.1, 0.15) is 6.61 Å². The van der Waals surface area contributed by atoms with E-state index in [0.29, 0.717) is 13.1 Å². The van der Waals surface area contributed by atoms with Gasteiger partial charge in [0.05, 0.1) is 5.92 Å². The number of nitrogens with zero attached hydrogens (tertiary/aromatic N) is 1. The molecule has 1 aliphatic heterocycles. The molecule has 3 N–H and O–H groups in total. The Morgan fingerprint density at radius 3 is 2.52 bits per heavy atom. The second kappa shape index (κ2) is 8.64. The number of hydrogen-bond donors (Lipinski definition) is 2. The van der Waals surface area contributed by atoms with E-state index in [1.54, 1.807) is 4.90 Å². The van der Waals surface area contributed by atoms with Gasteiger partial charge in [0.25, 0.3) is 0 Å². The van der Waals surface area contributed by atoms with Gasteiger partial charge in [0.2, 0.25) is 11.8 Å². The van der Waals surface area contributed by atoms with Crippen LogP contribution in [0.5, 0.6) is 0 Å². The molecular formula is C17H25N3O3. The van der Waals surface area contributed by atoms with Gasteiger partial charge in [-0.1, -0.05) is 30.3 Å². The summed E-state index contributed by atoms with van der Waals surface area (Å²) >= 11 is 0. The lowest BCUT2D eigenvalue weighted by Crippen LogP contribution is -2.48. The largest absolute Gasteiger partial charge is 0.375 e. The molecule has 126 valence electrons. The molecule has 6 nitrogen and oxygen atoms in total. The highest BCUT2D eigenvalue weighted by Gasteiger charge is 2.26. The fourth-order valence-electron chi connectivity index (χ4n) is 2.87. The quantitative estimate of drug-likeness (QED) is 0.799. The monoisotopic (exact) mass is 319 g/mol. The SMILES string of the molecule is COCC(=O)N1CCC(NC(=O)C(CN)c2ccccc2)CC1. The van der Waals surface area contributed by atoms with Crippen molar-refractivity contribution in [3.05, 3.63) is 35.9 Å². The average Bonchev–Trinajstić information content (AvgIpc) is 2.57. The van der Waals surface area contributed by atoms with E-state index in [2.05, 4.69) is 5.32 Å². The molecule has 1 heterocycles. The Morgan fingerprint density at radius 1 is 1.30 bits per heavy atom. The second-order valence-electron chi connectivity index (χ2n) is 5.80. The van der Waals surface area contributed by atoms with Gasteiger partial charge < -0.3 is 20.7 Å². The minimum absolute atomic E-state index is 0.00129. The van der Waals surface area contributed by atoms with Crippen LogP contribution >= 0.6 is 0 Å². The van der Waals surface area contributed by atoms with Crippen LogP contribution in [-0.4, -0.2) is 56.1 Å². The molecule has 1 aliphatic rings. The van der Waals surface area contributed by atoms with Gasteiger partial charge >= 0.3 is 0 Å². The number of piperidine rings is 1. The fraction of sp³-hybridized carbons (Fsp3) is 0.529. The molecule has 0 radical (unpaired) electrons. The van der Waals surface area contributed by atoms with Crippen LogP contribution in [0.15, 0.2) is 30.3 Å². The molecule has 0 aromatic heterocycles. The van der Waals surface area contributed by atoms with Gasteiger partial charge in [-0.2, -0.15) is 0 Å². The zero-order chi connectivity index (χ0) is 16.7. The van der Waals surface area contributed by atoms with Crippen molar-refractivity contribution >= 4 is 11.8 Å². The first kappa shape index (κ1) is 17.4. The zero-order valence-corrected chi connectivity index (χ0v) is 13.5. The van der Waals surface area contributed by atoms with Gasteiger partial charge in [0.15, 0.2) is 0 Å². The number of methoxy groups -OCH3 is 1. The van der Waals surface area contributed by atoms with Crippen molar-refractivity contribution in [2.45, 2.75) is 24.8 Å². The minimum Gasteiger partial charge on any atom is -0.375 e. The van der Waals surface area contributed by atoms with Crippen LogP contribution in [0.4, 0.5) is 0 Å². The van der Waals surface area contributed by atoms with E-state index in [9.17, 15) is 9.59 Å². The van der Waals surface area contributed by atoms with Crippen molar-refractivity contribution in [3.63, 3.8) is 0 Å². The summed E-state index contributed by atoms with van der Waals surface area (Å²) in [5, 5.41) is 3.07. The topological polar surface area (TPSA) is 84.7 Å². The summed E-state index contributed by atoms with van der Waals surface area (Å²) in [6, 6.07) is 9.66. The molecule has 0 spiro atoms. The lowest BCUT2D eigenvalue weighted by atomic mass is 9.97. The lowest BCUT2D eigenvalue weighted by molar-refractivity contribution is -0.136. The zero-order valence-electron chi connectivity index (χ0n) is 13.5. The Hall–Kier alpha value is -1.92. The standard InChI is InChI=1S/C17H25N3O3/c1-23-12-16(21)20-9-7-14(8-10-20)19-17(22)15(11-18)13-5-3-2-4-6-13/h2-6,14-15H,7-12,18H2,1H3,(H,19,22). The van der Waals surface area contributed by atoms with Crippen LogP contribution in [0.1, 0.15) is 24.3 Å². The van der Waals surface area contributed by atoms with Gasteiger partial charge in [-0.3, -0.25) is 9.59 Å². The van der Waals surface area contributed by atoms with E-state index >= 15 is 0 Å². The van der Waals surface area contributed by atoms with Crippen molar-refractivity contribution < 1.29 is 14.3 Å². The summed E-state index contributed by atoms with van der Waals surface area (Å²) in [5.74, 6) is -0.369. The van der Waals surface area contributed by atoms with E-state index < -0.39 is 0 Å². The Kier molecular flexibility index (Phi) is 6.55. The van der Waals surface area contributed by atoms with Gasteiger partial charge in [-0.05, 0) is 18.4 Å². The van der Waals surface area contributed by atoms with E-state index in [1.807, 2.05) is 30.3 Å². The van der Waals surface area contributed by atoms with Gasteiger partial charge in [-0.25, -0.2) is 0 Å². The van der Waals surface area contributed by atoms with Crippen LogP contribution < -0.4 is 11.1 Å².